The van der Waals surface area contributed by atoms with Crippen LogP contribution in [0.5, 0.6) is 17.2 Å². The zero-order chi connectivity index (χ0) is 21.1. The van der Waals surface area contributed by atoms with E-state index in [1.165, 1.54) is 13.2 Å². The highest BCUT2D eigenvalue weighted by Gasteiger charge is 2.34. The molecule has 1 fully saturated rings. The van der Waals surface area contributed by atoms with Crippen LogP contribution in [0.25, 0.3) is 0 Å². The number of phenols is 1. The fourth-order valence-electron chi connectivity index (χ4n) is 3.22. The van der Waals surface area contributed by atoms with E-state index in [0.29, 0.717) is 25.4 Å². The fraction of sp³-hybridized carbons (Fsp3) is 0.227. The molecule has 4 rings (SSSR count). The molecule has 2 aromatic rings. The largest absolute Gasteiger partial charge is 0.507 e. The molecule has 2 heterocycles. The van der Waals surface area contributed by atoms with Crippen molar-refractivity contribution in [2.75, 3.05) is 32.1 Å². The molecule has 0 aromatic heterocycles. The predicted molar refractivity (Wildman–Crippen MR) is 117 cm³/mol. The normalized spacial score (nSPS) is 18.0. The Labute approximate surface area is 177 Å². The highest BCUT2D eigenvalue weighted by molar-refractivity contribution is 7.93. The molecular weight excluding hydrogens is 402 g/mol. The number of carbonyl (C=O) groups is 1. The summed E-state index contributed by atoms with van der Waals surface area (Å²) in [5.74, 6) is 0.964. The highest BCUT2D eigenvalue weighted by Crippen LogP contribution is 2.27. The minimum Gasteiger partial charge on any atom is -0.507 e. The van der Waals surface area contributed by atoms with Crippen LogP contribution in [0.15, 0.2) is 64.9 Å². The van der Waals surface area contributed by atoms with Gasteiger partial charge in [-0.05, 0) is 53.9 Å². The average molecular weight is 426 g/mol. The number of allylic oxidation sites excluding steroid dienone is 2. The number of hydrogen-bond donors (Lipinski definition) is 3. The maximum Gasteiger partial charge on any atom is 0.258 e. The Morgan fingerprint density at radius 3 is 2.63 bits per heavy atom. The van der Waals surface area contributed by atoms with Crippen LogP contribution in [0.3, 0.4) is 0 Å². The number of nitrogens with zero attached hydrogens (tertiary/aromatic N) is 1. The third-order valence-corrected chi connectivity index (χ3v) is 6.25. The van der Waals surface area contributed by atoms with E-state index in [4.69, 9.17) is 14.3 Å². The van der Waals surface area contributed by atoms with Crippen molar-refractivity contribution in [1.29, 1.82) is 4.78 Å². The number of aromatic hydroxyl groups is 1. The number of benzene rings is 2. The van der Waals surface area contributed by atoms with E-state index < -0.39 is 10.7 Å². The molecule has 0 radical (unpaired) electrons. The molecule has 2 aliphatic rings. The number of phenolic OH excluding ortho intramolecular Hbond substituents is 1. The van der Waals surface area contributed by atoms with Crippen LogP contribution in [-0.4, -0.2) is 48.8 Å². The molecule has 30 heavy (non-hydrogen) atoms. The highest BCUT2D eigenvalue weighted by atomic mass is 32.2. The lowest BCUT2D eigenvalue weighted by atomic mass is 10.1. The van der Waals surface area contributed by atoms with Crippen LogP contribution in [0.1, 0.15) is 10.4 Å². The lowest BCUT2D eigenvalue weighted by Gasteiger charge is -2.39. The summed E-state index contributed by atoms with van der Waals surface area (Å²) >= 11 is 0. The third kappa shape index (κ3) is 4.33. The number of hydrogen-bond acceptors (Lipinski definition) is 6. The summed E-state index contributed by atoms with van der Waals surface area (Å²) in [6.07, 6.45) is 3.82. The number of anilines is 1. The van der Waals surface area contributed by atoms with Gasteiger partial charge in [-0.15, -0.1) is 0 Å². The van der Waals surface area contributed by atoms with Crippen molar-refractivity contribution in [3.05, 3.63) is 70.5 Å². The van der Waals surface area contributed by atoms with Gasteiger partial charge in [0.1, 0.15) is 23.4 Å². The third-order valence-electron chi connectivity index (χ3n) is 4.97. The molecular formula is C22H23N3O4S. The minimum absolute atomic E-state index is 0.0605. The molecule has 1 atom stereocenters. The summed E-state index contributed by atoms with van der Waals surface area (Å²) in [6, 6.07) is 12.3. The van der Waals surface area contributed by atoms with Crippen LogP contribution in [0, 0.1) is 4.78 Å². The second kappa shape index (κ2) is 8.62. The van der Waals surface area contributed by atoms with E-state index in [0.717, 1.165) is 16.3 Å². The summed E-state index contributed by atoms with van der Waals surface area (Å²) in [6.45, 7) is 1.57. The molecule has 0 bridgehead atoms. The van der Waals surface area contributed by atoms with E-state index in [2.05, 4.69) is 5.32 Å². The maximum atomic E-state index is 12.6. The number of carbonyl (C=O) groups excluding carboxylic acids is 1. The van der Waals surface area contributed by atoms with Gasteiger partial charge in [0.15, 0.2) is 0 Å². The Bertz CT molecular complexity index is 1030. The first-order valence-corrected chi connectivity index (χ1v) is 10.8. The van der Waals surface area contributed by atoms with Crippen molar-refractivity contribution in [2.45, 2.75) is 6.10 Å². The standard InChI is InChI=1S/C22H23N3O4S/c1-28-17-8-9-21(26)20(11-17)22(27)25-13-18(14-25)29-16-6-4-15(5-7-16)24-12-19-3-2-10-30(19)23/h2-11,18,23-24,26H,12-14H2,1H3. The van der Waals surface area contributed by atoms with Gasteiger partial charge in [-0.1, -0.05) is 16.8 Å². The molecule has 1 unspecified atom stereocenters. The van der Waals surface area contributed by atoms with E-state index >= 15 is 0 Å². The Kier molecular flexibility index (Phi) is 5.76. The van der Waals surface area contributed by atoms with Crippen molar-refractivity contribution in [2.24, 2.45) is 0 Å². The van der Waals surface area contributed by atoms with E-state index in [1.807, 2.05) is 41.8 Å². The van der Waals surface area contributed by atoms with Crippen LogP contribution < -0.4 is 14.8 Å². The van der Waals surface area contributed by atoms with Gasteiger partial charge >= 0.3 is 0 Å². The van der Waals surface area contributed by atoms with Gasteiger partial charge in [-0.2, -0.15) is 0 Å². The Morgan fingerprint density at radius 1 is 1.23 bits per heavy atom. The minimum atomic E-state index is -0.526. The SMILES string of the molecule is COc1ccc(O)c(C(=O)N2CC(Oc3ccc(NCC4=CC=CS4=N)cc3)C2)c1. The Hall–Kier alpha value is -3.26. The summed E-state index contributed by atoms with van der Waals surface area (Å²) < 4.78 is 19.0. The summed E-state index contributed by atoms with van der Waals surface area (Å²) in [7, 11) is 0.992. The van der Waals surface area contributed by atoms with Crippen molar-refractivity contribution in [3.63, 3.8) is 0 Å². The van der Waals surface area contributed by atoms with Gasteiger partial charge in [-0.3, -0.25) is 9.57 Å². The van der Waals surface area contributed by atoms with Gasteiger partial charge < -0.3 is 24.8 Å². The van der Waals surface area contributed by atoms with Gasteiger partial charge in [0.2, 0.25) is 0 Å². The topological polar surface area (TPSA) is 94.9 Å². The van der Waals surface area contributed by atoms with Gasteiger partial charge in [0.25, 0.3) is 5.91 Å². The van der Waals surface area contributed by atoms with Crippen molar-refractivity contribution >= 4 is 22.3 Å². The average Bonchev–Trinajstić information content (AvgIpc) is 3.14. The molecule has 3 N–H and O–H groups in total. The fourth-order valence-corrected chi connectivity index (χ4v) is 4.08. The number of amides is 1. The first-order chi connectivity index (χ1) is 14.5. The second-order valence-corrected chi connectivity index (χ2v) is 8.48. The number of nitrogens with one attached hydrogen (secondary N) is 2. The molecule has 2 aliphatic heterocycles. The molecule has 0 saturated carbocycles. The predicted octanol–water partition coefficient (Wildman–Crippen LogP) is 3.51. The quantitative estimate of drug-likeness (QED) is 0.631. The zero-order valence-corrected chi connectivity index (χ0v) is 17.3. The molecule has 0 aliphatic carbocycles. The molecule has 1 amide bonds. The number of methoxy groups -OCH3 is 1. The number of ether oxygens (including phenoxy) is 2. The van der Waals surface area contributed by atoms with Gasteiger partial charge in [-0.25, -0.2) is 0 Å². The lowest BCUT2D eigenvalue weighted by molar-refractivity contribution is 0.0175. The smallest absolute Gasteiger partial charge is 0.258 e. The van der Waals surface area contributed by atoms with Crippen LogP contribution >= 0.6 is 0 Å². The van der Waals surface area contributed by atoms with Gasteiger partial charge in [0, 0.05) is 17.1 Å². The van der Waals surface area contributed by atoms with E-state index in [9.17, 15) is 9.90 Å². The molecule has 0 spiro atoms. The molecule has 2 aromatic carbocycles. The summed E-state index contributed by atoms with van der Waals surface area (Å²) in [5, 5.41) is 15.2. The van der Waals surface area contributed by atoms with Gasteiger partial charge in [0.05, 0.1) is 25.8 Å². The van der Waals surface area contributed by atoms with Crippen LogP contribution in [0.2, 0.25) is 0 Å². The van der Waals surface area contributed by atoms with Crippen LogP contribution in [-0.2, 0) is 10.7 Å². The maximum absolute atomic E-state index is 12.6. The summed E-state index contributed by atoms with van der Waals surface area (Å²) in [5.41, 5.74) is 1.19. The van der Waals surface area contributed by atoms with Crippen molar-refractivity contribution in [1.82, 2.24) is 4.90 Å². The molecule has 156 valence electrons. The van der Waals surface area contributed by atoms with Crippen molar-refractivity contribution < 1.29 is 19.4 Å². The number of rotatable bonds is 7. The Morgan fingerprint density at radius 2 is 1.97 bits per heavy atom. The lowest BCUT2D eigenvalue weighted by Crippen LogP contribution is -2.56. The van der Waals surface area contributed by atoms with Crippen molar-refractivity contribution in [3.8, 4) is 17.2 Å². The molecule has 1 saturated heterocycles. The zero-order valence-electron chi connectivity index (χ0n) is 16.5. The molecule has 8 heteroatoms. The second-order valence-electron chi connectivity index (χ2n) is 7.01. The monoisotopic (exact) mass is 425 g/mol. The van der Waals surface area contributed by atoms with Crippen LogP contribution in [0.4, 0.5) is 5.69 Å². The number of likely N-dealkylation sites (tertiary alicyclic amines) is 1. The van der Waals surface area contributed by atoms with E-state index in [1.54, 1.807) is 17.0 Å². The summed E-state index contributed by atoms with van der Waals surface area (Å²) in [4.78, 5) is 15.3. The molecule has 7 nitrogen and oxygen atoms in total. The Balaban J connectivity index is 1.27. The first-order valence-electron chi connectivity index (χ1n) is 9.52. The first kappa shape index (κ1) is 20.0. The van der Waals surface area contributed by atoms with E-state index in [-0.39, 0.29) is 23.3 Å².